The Morgan fingerprint density at radius 3 is 2.30 bits per heavy atom. The van der Waals surface area contributed by atoms with E-state index in [4.69, 9.17) is 33.2 Å². The molecule has 1 aliphatic carbocycles. The van der Waals surface area contributed by atoms with Crippen molar-refractivity contribution < 1.29 is 42.7 Å². The second-order valence-electron chi connectivity index (χ2n) is 11.7. The predicted octanol–water partition coefficient (Wildman–Crippen LogP) is 4.17. The summed E-state index contributed by atoms with van der Waals surface area (Å²) in [6, 6.07) is 9.40. The highest BCUT2D eigenvalue weighted by Gasteiger charge is 2.54. The maximum atomic E-state index is 13.5. The molecule has 0 radical (unpaired) electrons. The maximum absolute atomic E-state index is 13.5. The highest BCUT2D eigenvalue weighted by Crippen LogP contribution is 2.51. The van der Waals surface area contributed by atoms with Gasteiger partial charge in [0.15, 0.2) is 11.5 Å². The Kier molecular flexibility index (Phi) is 8.34. The van der Waals surface area contributed by atoms with Gasteiger partial charge in [-0.15, -0.1) is 0 Å². The number of esters is 2. The monoisotopic (exact) mass is 608 g/mol. The van der Waals surface area contributed by atoms with Crippen LogP contribution >= 0.6 is 0 Å². The largest absolute Gasteiger partial charge is 0.497 e. The van der Waals surface area contributed by atoms with Gasteiger partial charge in [0.1, 0.15) is 18.0 Å². The number of nitrogens with zero attached hydrogens (tertiary/aromatic N) is 1. The molecule has 1 saturated heterocycles. The van der Waals surface area contributed by atoms with Gasteiger partial charge in [0.05, 0.1) is 53.1 Å². The van der Waals surface area contributed by atoms with Gasteiger partial charge >= 0.3 is 11.9 Å². The smallest absolute Gasteiger partial charge is 0.338 e. The summed E-state index contributed by atoms with van der Waals surface area (Å²) in [7, 11) is 9.10. The number of ether oxygens (including phenoxy) is 7. The molecule has 2 aliphatic heterocycles. The Hall–Kier alpha value is -3.96. The lowest BCUT2D eigenvalue weighted by atomic mass is 9.63. The fourth-order valence-corrected chi connectivity index (χ4v) is 7.76. The van der Waals surface area contributed by atoms with Gasteiger partial charge in [-0.2, -0.15) is 0 Å². The molecular formula is C33H40N2O9. The van der Waals surface area contributed by atoms with E-state index >= 15 is 0 Å². The van der Waals surface area contributed by atoms with E-state index in [0.29, 0.717) is 23.7 Å². The lowest BCUT2D eigenvalue weighted by Gasteiger charge is -2.52. The number of aromatic nitrogens is 1. The molecule has 0 unspecified atom stereocenters. The summed E-state index contributed by atoms with van der Waals surface area (Å²) in [5.74, 6) is 0.441. The molecule has 1 saturated carbocycles. The lowest BCUT2D eigenvalue weighted by molar-refractivity contribution is -0.176. The molecule has 6 rings (SSSR count). The Labute approximate surface area is 256 Å². The quantitative estimate of drug-likeness (QED) is 0.374. The summed E-state index contributed by atoms with van der Waals surface area (Å²) in [5.41, 5.74) is 3.83. The van der Waals surface area contributed by atoms with Gasteiger partial charge in [-0.3, -0.25) is 9.69 Å². The lowest BCUT2D eigenvalue weighted by Crippen LogP contribution is -2.58. The van der Waals surface area contributed by atoms with Crippen LogP contribution in [0.5, 0.6) is 23.0 Å². The highest BCUT2D eigenvalue weighted by atomic mass is 16.6. The molecule has 3 aromatic rings. The third-order valence-electron chi connectivity index (χ3n) is 9.76. The van der Waals surface area contributed by atoms with E-state index in [0.717, 1.165) is 37.2 Å². The van der Waals surface area contributed by atoms with Crippen molar-refractivity contribution in [1.82, 2.24) is 9.88 Å². The molecule has 0 amide bonds. The molecule has 1 aromatic heterocycles. The highest BCUT2D eigenvalue weighted by molar-refractivity contribution is 5.91. The first-order valence-electron chi connectivity index (χ1n) is 14.9. The first-order chi connectivity index (χ1) is 21.3. The molecule has 236 valence electrons. The van der Waals surface area contributed by atoms with E-state index < -0.39 is 24.1 Å². The summed E-state index contributed by atoms with van der Waals surface area (Å²) in [4.78, 5) is 33.1. The molecule has 0 bridgehead atoms. The van der Waals surface area contributed by atoms with Gasteiger partial charge in [0.2, 0.25) is 5.75 Å². The number of rotatable bonds is 8. The molecule has 3 aliphatic rings. The van der Waals surface area contributed by atoms with E-state index in [1.165, 1.54) is 45.1 Å². The first-order valence-corrected chi connectivity index (χ1v) is 14.9. The molecule has 0 spiro atoms. The number of fused-ring (bicyclic) bond motifs is 6. The van der Waals surface area contributed by atoms with E-state index in [-0.39, 0.29) is 29.4 Å². The van der Waals surface area contributed by atoms with Crippen molar-refractivity contribution in [2.24, 2.45) is 17.8 Å². The van der Waals surface area contributed by atoms with Crippen LogP contribution < -0.4 is 18.9 Å². The van der Waals surface area contributed by atoms with Crippen molar-refractivity contribution in [3.63, 3.8) is 0 Å². The van der Waals surface area contributed by atoms with E-state index in [1.807, 2.05) is 12.1 Å². The van der Waals surface area contributed by atoms with Crippen molar-refractivity contribution >= 4 is 22.8 Å². The third kappa shape index (κ3) is 5.01. The molecule has 11 nitrogen and oxygen atoms in total. The van der Waals surface area contributed by atoms with Crippen LogP contribution in [-0.2, 0) is 25.4 Å². The van der Waals surface area contributed by atoms with E-state index in [2.05, 4.69) is 16.0 Å². The average Bonchev–Trinajstić information content (AvgIpc) is 3.43. The fourth-order valence-electron chi connectivity index (χ4n) is 7.76. The van der Waals surface area contributed by atoms with Crippen LogP contribution in [0.15, 0.2) is 30.3 Å². The SMILES string of the molecule is COC(=O)[C@@H]1[C@@H]2C[C@@H]3c4[nH]c5cc(OC)ccc5c4CCN3C[C@@H]2C[C@@H](OC(=O)c2cc(OC)c(OC)c(OC)c2)[C@@H]1OC. The van der Waals surface area contributed by atoms with Gasteiger partial charge in [-0.25, -0.2) is 4.79 Å². The number of nitrogens with one attached hydrogen (secondary N) is 1. The topological polar surface area (TPSA) is 118 Å². The molecule has 1 N–H and O–H groups in total. The number of hydrogen-bond donors (Lipinski definition) is 1. The average molecular weight is 609 g/mol. The molecule has 2 fully saturated rings. The minimum Gasteiger partial charge on any atom is -0.497 e. The van der Waals surface area contributed by atoms with Gasteiger partial charge in [0.25, 0.3) is 0 Å². The number of hydrogen-bond acceptors (Lipinski definition) is 10. The van der Waals surface area contributed by atoms with Gasteiger partial charge in [-0.1, -0.05) is 0 Å². The zero-order valence-electron chi connectivity index (χ0n) is 26.0. The Morgan fingerprint density at radius 2 is 1.66 bits per heavy atom. The van der Waals surface area contributed by atoms with Crippen LogP contribution in [0.3, 0.4) is 0 Å². The zero-order chi connectivity index (χ0) is 31.1. The van der Waals surface area contributed by atoms with Gasteiger partial charge in [0, 0.05) is 42.9 Å². The number of carbonyl (C=O) groups is 2. The number of H-pyrrole nitrogens is 1. The molecule has 3 heterocycles. The minimum absolute atomic E-state index is 0.0170. The molecule has 44 heavy (non-hydrogen) atoms. The first kappa shape index (κ1) is 30.1. The van der Waals surface area contributed by atoms with Crippen molar-refractivity contribution in [1.29, 1.82) is 0 Å². The summed E-state index contributed by atoms with van der Waals surface area (Å²) in [6.07, 6.45) is 0.920. The van der Waals surface area contributed by atoms with Crippen LogP contribution in [-0.4, -0.2) is 89.8 Å². The summed E-state index contributed by atoms with van der Waals surface area (Å²) in [5, 5.41) is 1.21. The van der Waals surface area contributed by atoms with Crippen molar-refractivity contribution in [3.8, 4) is 23.0 Å². The summed E-state index contributed by atoms with van der Waals surface area (Å²) < 4.78 is 39.1. The molecule has 2 aromatic carbocycles. The Morgan fingerprint density at radius 1 is 0.909 bits per heavy atom. The van der Waals surface area contributed by atoms with E-state index in [1.54, 1.807) is 26.4 Å². The van der Waals surface area contributed by atoms with Crippen molar-refractivity contribution in [2.45, 2.75) is 37.5 Å². The fraction of sp³-hybridized carbons (Fsp3) is 0.515. The standard InChI is InChI=1S/C33H40N2O9/c1-38-19-7-8-20-21-9-10-35-16-18-13-27(44-32(36)17-11-25(39-2)30(41-4)26(12-17)40-3)31(42-5)28(33(37)43-6)22(18)15-24(35)29(21)34-23(20)14-19/h7-8,11-12,14,18,22,24,27-28,31,34H,9-10,13,15-16H2,1-6H3/t18-,22+,24+,27+,28+,31-/m0/s1. The van der Waals surface area contributed by atoms with E-state index in [9.17, 15) is 9.59 Å². The van der Waals surface area contributed by atoms with Gasteiger partial charge < -0.3 is 38.1 Å². The normalized spacial score (nSPS) is 26.1. The van der Waals surface area contributed by atoms with Crippen LogP contribution in [0.4, 0.5) is 0 Å². The Bertz CT molecular complexity index is 1530. The number of aromatic amines is 1. The number of benzene rings is 2. The van der Waals surface area contributed by atoms with Crippen LogP contribution in [0, 0.1) is 17.8 Å². The van der Waals surface area contributed by atoms with Crippen LogP contribution in [0.25, 0.3) is 10.9 Å². The van der Waals surface area contributed by atoms with Crippen molar-refractivity contribution in [2.75, 3.05) is 55.7 Å². The number of methoxy groups -OCH3 is 6. The molecule has 11 heteroatoms. The predicted molar refractivity (Wildman–Crippen MR) is 161 cm³/mol. The van der Waals surface area contributed by atoms with Gasteiger partial charge in [-0.05, 0) is 60.9 Å². The maximum Gasteiger partial charge on any atom is 0.338 e. The van der Waals surface area contributed by atoms with Crippen molar-refractivity contribution in [3.05, 3.63) is 47.2 Å². The second kappa shape index (κ2) is 12.2. The molecule has 6 atom stereocenters. The minimum atomic E-state index is -0.670. The van der Waals surface area contributed by atoms with Crippen LogP contribution in [0.2, 0.25) is 0 Å². The third-order valence-corrected chi connectivity index (χ3v) is 9.76. The zero-order valence-corrected chi connectivity index (χ0v) is 26.0. The Balaban J connectivity index is 1.29. The number of piperidine rings is 1. The summed E-state index contributed by atoms with van der Waals surface area (Å²) >= 11 is 0. The van der Waals surface area contributed by atoms with Crippen LogP contribution in [0.1, 0.15) is 40.5 Å². The second-order valence-corrected chi connectivity index (χ2v) is 11.7. The number of carbonyl (C=O) groups excluding carboxylic acids is 2. The summed E-state index contributed by atoms with van der Waals surface area (Å²) in [6.45, 7) is 1.68. The molecular weight excluding hydrogens is 568 g/mol.